The van der Waals surface area contributed by atoms with Crippen LogP contribution in [0, 0.1) is 0 Å². The Balaban J connectivity index is 1.68. The van der Waals surface area contributed by atoms with Gasteiger partial charge in [-0.25, -0.2) is 4.79 Å². The van der Waals surface area contributed by atoms with E-state index in [9.17, 15) is 19.5 Å². The van der Waals surface area contributed by atoms with Crippen molar-refractivity contribution in [3.8, 4) is 11.1 Å². The van der Waals surface area contributed by atoms with E-state index in [4.69, 9.17) is 17.3 Å². The van der Waals surface area contributed by atoms with Crippen molar-refractivity contribution in [3.63, 3.8) is 0 Å². The summed E-state index contributed by atoms with van der Waals surface area (Å²) in [4.78, 5) is 38.5. The second kappa shape index (κ2) is 8.85. The zero-order chi connectivity index (χ0) is 22.8. The third-order valence-electron chi connectivity index (χ3n) is 5.80. The van der Waals surface area contributed by atoms with Gasteiger partial charge in [0.25, 0.3) is 5.91 Å². The standard InChI is InChI=1S/C25H21ClN2O4/c26-20-8-4-3-7-19(20)21-13-14-22(25(31)32)28(21)24(30)16-11-9-15(10-12-16)17-5-1-2-6-18(17)23(27)29/h1-12,21-22H,13-14H2,(H2,27,29)(H,31,32). The largest absolute Gasteiger partial charge is 0.480 e. The highest BCUT2D eigenvalue weighted by atomic mass is 35.5. The van der Waals surface area contributed by atoms with Gasteiger partial charge in [-0.1, -0.05) is 60.1 Å². The molecule has 0 aromatic heterocycles. The normalized spacial score (nSPS) is 17.8. The molecular weight excluding hydrogens is 428 g/mol. The van der Waals surface area contributed by atoms with Gasteiger partial charge in [0.15, 0.2) is 0 Å². The number of hydrogen-bond acceptors (Lipinski definition) is 3. The van der Waals surface area contributed by atoms with Crippen LogP contribution in [0.2, 0.25) is 5.02 Å². The zero-order valence-electron chi connectivity index (χ0n) is 17.1. The maximum atomic E-state index is 13.4. The van der Waals surface area contributed by atoms with Crippen molar-refractivity contribution in [1.82, 2.24) is 4.90 Å². The highest BCUT2D eigenvalue weighted by Gasteiger charge is 2.42. The van der Waals surface area contributed by atoms with Crippen LogP contribution in [0.15, 0.2) is 72.8 Å². The molecule has 1 aliphatic heterocycles. The molecule has 0 bridgehead atoms. The van der Waals surface area contributed by atoms with Crippen LogP contribution in [0.3, 0.4) is 0 Å². The first-order valence-corrected chi connectivity index (χ1v) is 10.6. The van der Waals surface area contributed by atoms with Crippen LogP contribution in [0.1, 0.15) is 45.2 Å². The monoisotopic (exact) mass is 448 g/mol. The lowest BCUT2D eigenvalue weighted by Crippen LogP contribution is -2.41. The Morgan fingerprint density at radius 2 is 1.56 bits per heavy atom. The lowest BCUT2D eigenvalue weighted by Gasteiger charge is -2.29. The number of nitrogens with zero attached hydrogens (tertiary/aromatic N) is 1. The van der Waals surface area contributed by atoms with E-state index in [2.05, 4.69) is 0 Å². The average Bonchev–Trinajstić information content (AvgIpc) is 3.24. The summed E-state index contributed by atoms with van der Waals surface area (Å²) >= 11 is 6.35. The van der Waals surface area contributed by atoms with E-state index >= 15 is 0 Å². The van der Waals surface area contributed by atoms with Crippen molar-refractivity contribution in [2.45, 2.75) is 24.9 Å². The Bertz CT molecular complexity index is 1190. The van der Waals surface area contributed by atoms with Crippen molar-refractivity contribution >= 4 is 29.4 Å². The molecule has 1 aliphatic rings. The van der Waals surface area contributed by atoms with Gasteiger partial charge in [0, 0.05) is 16.1 Å². The second-order valence-corrected chi connectivity index (χ2v) is 8.08. The molecule has 1 saturated heterocycles. The minimum Gasteiger partial charge on any atom is -0.480 e. The molecule has 1 heterocycles. The third kappa shape index (κ3) is 3.97. The fourth-order valence-corrected chi connectivity index (χ4v) is 4.54. The van der Waals surface area contributed by atoms with Gasteiger partial charge in [-0.2, -0.15) is 0 Å². The average molecular weight is 449 g/mol. The van der Waals surface area contributed by atoms with Crippen molar-refractivity contribution in [1.29, 1.82) is 0 Å². The van der Waals surface area contributed by atoms with Gasteiger partial charge in [0.2, 0.25) is 5.91 Å². The maximum absolute atomic E-state index is 13.4. The number of carbonyl (C=O) groups excluding carboxylic acids is 2. The van der Waals surface area contributed by atoms with Crippen molar-refractivity contribution < 1.29 is 19.5 Å². The number of benzene rings is 3. The fourth-order valence-electron chi connectivity index (χ4n) is 4.28. The summed E-state index contributed by atoms with van der Waals surface area (Å²) in [6.07, 6.45) is 0.859. The van der Waals surface area contributed by atoms with Gasteiger partial charge in [-0.15, -0.1) is 0 Å². The molecule has 0 aliphatic carbocycles. The molecule has 2 unspecified atom stereocenters. The molecule has 162 valence electrons. The van der Waals surface area contributed by atoms with Gasteiger partial charge in [-0.3, -0.25) is 9.59 Å². The lowest BCUT2D eigenvalue weighted by atomic mass is 9.98. The maximum Gasteiger partial charge on any atom is 0.326 e. The Hall–Kier alpha value is -3.64. The summed E-state index contributed by atoms with van der Waals surface area (Å²) in [5.41, 5.74) is 8.35. The van der Waals surface area contributed by atoms with Crippen molar-refractivity contribution in [2.24, 2.45) is 5.73 Å². The molecule has 32 heavy (non-hydrogen) atoms. The number of carbonyl (C=O) groups is 3. The van der Waals surface area contributed by atoms with Gasteiger partial charge < -0.3 is 15.7 Å². The number of carboxylic acid groups (broad SMARTS) is 1. The van der Waals surface area contributed by atoms with E-state index in [1.54, 1.807) is 60.7 Å². The lowest BCUT2D eigenvalue weighted by molar-refractivity contribution is -0.141. The summed E-state index contributed by atoms with van der Waals surface area (Å²) in [5.74, 6) is -1.96. The van der Waals surface area contributed by atoms with Crippen LogP contribution >= 0.6 is 11.6 Å². The first-order chi connectivity index (χ1) is 15.4. The summed E-state index contributed by atoms with van der Waals surface area (Å²) in [7, 11) is 0. The number of amides is 2. The van der Waals surface area contributed by atoms with Crippen LogP contribution in [0.25, 0.3) is 11.1 Å². The third-order valence-corrected chi connectivity index (χ3v) is 6.15. The van der Waals surface area contributed by atoms with Gasteiger partial charge >= 0.3 is 5.97 Å². The van der Waals surface area contributed by atoms with Crippen LogP contribution in [0.4, 0.5) is 0 Å². The zero-order valence-corrected chi connectivity index (χ0v) is 17.8. The van der Waals surface area contributed by atoms with Gasteiger partial charge in [0.1, 0.15) is 6.04 Å². The molecular formula is C25H21ClN2O4. The highest BCUT2D eigenvalue weighted by molar-refractivity contribution is 6.31. The molecule has 0 radical (unpaired) electrons. The molecule has 1 fully saturated rings. The van der Waals surface area contributed by atoms with E-state index in [0.29, 0.717) is 34.6 Å². The summed E-state index contributed by atoms with van der Waals surface area (Å²) in [6.45, 7) is 0. The molecule has 2 amide bonds. The van der Waals surface area contributed by atoms with Gasteiger partial charge in [-0.05, 0) is 53.8 Å². The summed E-state index contributed by atoms with van der Waals surface area (Å²) < 4.78 is 0. The van der Waals surface area contributed by atoms with E-state index in [1.807, 2.05) is 12.1 Å². The number of aliphatic carboxylic acids is 1. The minimum absolute atomic E-state index is 0.348. The number of hydrogen-bond donors (Lipinski definition) is 2. The fraction of sp³-hybridized carbons (Fsp3) is 0.160. The quantitative estimate of drug-likeness (QED) is 0.598. The molecule has 3 N–H and O–H groups in total. The van der Waals surface area contributed by atoms with E-state index < -0.39 is 24.0 Å². The first-order valence-electron chi connectivity index (χ1n) is 10.2. The molecule has 3 aromatic rings. The number of halogens is 1. The Morgan fingerprint density at radius 1 is 0.906 bits per heavy atom. The smallest absolute Gasteiger partial charge is 0.326 e. The molecule has 7 heteroatoms. The topological polar surface area (TPSA) is 101 Å². The first kappa shape index (κ1) is 21.6. The molecule has 2 atom stereocenters. The van der Waals surface area contributed by atoms with E-state index in [1.165, 1.54) is 4.90 Å². The number of primary amides is 1. The molecule has 4 rings (SSSR count). The second-order valence-electron chi connectivity index (χ2n) is 7.67. The molecule has 6 nitrogen and oxygen atoms in total. The van der Waals surface area contributed by atoms with Crippen LogP contribution in [-0.2, 0) is 4.79 Å². The number of likely N-dealkylation sites (tertiary alicyclic amines) is 1. The van der Waals surface area contributed by atoms with Crippen LogP contribution in [0.5, 0.6) is 0 Å². The molecule has 0 spiro atoms. The Morgan fingerprint density at radius 3 is 2.22 bits per heavy atom. The van der Waals surface area contributed by atoms with Crippen molar-refractivity contribution in [3.05, 3.63) is 94.5 Å². The Labute approximate surface area is 190 Å². The highest BCUT2D eigenvalue weighted by Crippen LogP contribution is 2.40. The predicted octanol–water partition coefficient (Wildman–Crippen LogP) is 4.54. The molecule has 0 saturated carbocycles. The SMILES string of the molecule is NC(=O)c1ccccc1-c1ccc(C(=O)N2C(C(=O)O)CCC2c2ccccc2Cl)cc1. The van der Waals surface area contributed by atoms with Crippen LogP contribution < -0.4 is 5.73 Å². The summed E-state index contributed by atoms with van der Waals surface area (Å²) in [5, 5.41) is 10.2. The number of rotatable bonds is 5. The van der Waals surface area contributed by atoms with Gasteiger partial charge in [0.05, 0.1) is 6.04 Å². The minimum atomic E-state index is -1.04. The number of nitrogens with two attached hydrogens (primary N) is 1. The van der Waals surface area contributed by atoms with Crippen molar-refractivity contribution in [2.75, 3.05) is 0 Å². The predicted molar refractivity (Wildman–Crippen MR) is 121 cm³/mol. The van der Waals surface area contributed by atoms with Crippen LogP contribution in [-0.4, -0.2) is 33.8 Å². The summed E-state index contributed by atoms with van der Waals surface area (Å²) in [6, 6.07) is 19.5. The van der Waals surface area contributed by atoms with E-state index in [0.717, 1.165) is 11.1 Å². The van der Waals surface area contributed by atoms with E-state index in [-0.39, 0.29) is 5.91 Å². The Kier molecular flexibility index (Phi) is 5.97. The number of carboxylic acids is 1. The molecule has 3 aromatic carbocycles.